The number of nitrogens with one attached hydrogen (secondary N) is 1. The molecule has 0 aliphatic heterocycles. The van der Waals surface area contributed by atoms with Crippen LogP contribution in [-0.2, 0) is 16.0 Å². The molecule has 3 aromatic rings. The van der Waals surface area contributed by atoms with E-state index in [9.17, 15) is 14.0 Å². The molecule has 1 amide bonds. The number of benzene rings is 2. The molecular formula is C21H20FNO4. The lowest BCUT2D eigenvalue weighted by molar-refractivity contribution is -0.129. The zero-order chi connectivity index (χ0) is 19.4. The molecule has 0 aliphatic rings. The summed E-state index contributed by atoms with van der Waals surface area (Å²) in [6.45, 7) is 3.63. The first-order valence-electron chi connectivity index (χ1n) is 8.67. The van der Waals surface area contributed by atoms with E-state index in [0.717, 1.165) is 10.9 Å². The fraction of sp³-hybridized carbons (Fsp3) is 0.238. The molecular weight excluding hydrogens is 349 g/mol. The summed E-state index contributed by atoms with van der Waals surface area (Å²) in [5, 5.41) is 3.54. The number of aryl methyl sites for hydroxylation is 1. The lowest BCUT2D eigenvalue weighted by Gasteiger charge is -2.13. The van der Waals surface area contributed by atoms with Crippen molar-refractivity contribution in [3.63, 3.8) is 0 Å². The van der Waals surface area contributed by atoms with Gasteiger partial charge in [0.05, 0.1) is 0 Å². The minimum atomic E-state index is -0.960. The van der Waals surface area contributed by atoms with E-state index >= 15 is 0 Å². The highest BCUT2D eigenvalue weighted by Crippen LogP contribution is 2.25. The van der Waals surface area contributed by atoms with E-state index in [1.54, 1.807) is 25.1 Å². The number of carbonyl (C=O) groups excluding carboxylic acids is 2. The normalized spacial score (nSPS) is 12.0. The van der Waals surface area contributed by atoms with Gasteiger partial charge in [0.25, 0.3) is 5.91 Å². The Morgan fingerprint density at radius 2 is 1.85 bits per heavy atom. The Morgan fingerprint density at radius 3 is 2.56 bits per heavy atom. The van der Waals surface area contributed by atoms with E-state index < -0.39 is 18.0 Å². The zero-order valence-electron chi connectivity index (χ0n) is 15.1. The molecule has 140 valence electrons. The Kier molecular flexibility index (Phi) is 5.54. The summed E-state index contributed by atoms with van der Waals surface area (Å²) in [6.07, 6.45) is -0.409. The van der Waals surface area contributed by atoms with Crippen molar-refractivity contribution in [3.05, 3.63) is 71.2 Å². The van der Waals surface area contributed by atoms with Gasteiger partial charge >= 0.3 is 5.97 Å². The van der Waals surface area contributed by atoms with Gasteiger partial charge in [0, 0.05) is 17.5 Å². The first kappa shape index (κ1) is 18.6. The van der Waals surface area contributed by atoms with Crippen LogP contribution in [0.2, 0.25) is 0 Å². The molecule has 0 spiro atoms. The number of furan rings is 1. The molecule has 0 aliphatic carbocycles. The third-order valence-electron chi connectivity index (χ3n) is 4.31. The number of esters is 1. The van der Waals surface area contributed by atoms with Crippen LogP contribution in [0.1, 0.15) is 28.6 Å². The summed E-state index contributed by atoms with van der Waals surface area (Å²) in [5.41, 5.74) is 2.18. The first-order valence-corrected chi connectivity index (χ1v) is 8.67. The molecule has 1 atom stereocenters. The highest BCUT2D eigenvalue weighted by Gasteiger charge is 2.23. The highest BCUT2D eigenvalue weighted by molar-refractivity contribution is 5.97. The summed E-state index contributed by atoms with van der Waals surface area (Å²) < 4.78 is 23.7. The molecule has 1 heterocycles. The second-order valence-corrected chi connectivity index (χ2v) is 6.27. The van der Waals surface area contributed by atoms with Gasteiger partial charge in [0.15, 0.2) is 6.10 Å². The van der Waals surface area contributed by atoms with Crippen LogP contribution in [0.4, 0.5) is 4.39 Å². The molecule has 1 N–H and O–H groups in total. The third-order valence-corrected chi connectivity index (χ3v) is 4.31. The van der Waals surface area contributed by atoms with Crippen LogP contribution in [0, 0.1) is 12.7 Å². The monoisotopic (exact) mass is 369 g/mol. The Morgan fingerprint density at radius 1 is 1.15 bits per heavy atom. The molecule has 5 nitrogen and oxygen atoms in total. The van der Waals surface area contributed by atoms with Crippen molar-refractivity contribution in [2.45, 2.75) is 26.4 Å². The zero-order valence-corrected chi connectivity index (χ0v) is 15.1. The van der Waals surface area contributed by atoms with Crippen LogP contribution in [-0.4, -0.2) is 24.5 Å². The van der Waals surface area contributed by atoms with Crippen LogP contribution in [0.15, 0.2) is 52.9 Å². The van der Waals surface area contributed by atoms with Crippen LogP contribution < -0.4 is 5.32 Å². The second kappa shape index (κ2) is 8.03. The maximum absolute atomic E-state index is 12.9. The Bertz CT molecular complexity index is 962. The average Bonchev–Trinajstić information content (AvgIpc) is 3.00. The van der Waals surface area contributed by atoms with Gasteiger partial charge in [-0.3, -0.25) is 4.79 Å². The SMILES string of the molecule is Cc1c(C(=O)OC(C)C(=O)NCCc2ccc(F)cc2)oc2ccccc12. The van der Waals surface area contributed by atoms with Crippen molar-refractivity contribution in [3.8, 4) is 0 Å². The van der Waals surface area contributed by atoms with Crippen molar-refractivity contribution >= 4 is 22.8 Å². The number of rotatable bonds is 6. The van der Waals surface area contributed by atoms with Crippen molar-refractivity contribution in [2.75, 3.05) is 6.54 Å². The van der Waals surface area contributed by atoms with E-state index in [1.807, 2.05) is 18.2 Å². The number of para-hydroxylation sites is 1. The number of hydrogen-bond donors (Lipinski definition) is 1. The lowest BCUT2D eigenvalue weighted by Crippen LogP contribution is -2.36. The maximum Gasteiger partial charge on any atom is 0.375 e. The quantitative estimate of drug-likeness (QED) is 0.672. The standard InChI is InChI=1S/C21H20FNO4/c1-13-17-5-3-4-6-18(17)27-19(13)21(25)26-14(2)20(24)23-12-11-15-7-9-16(22)10-8-15/h3-10,14H,11-12H2,1-2H3,(H,23,24). The summed E-state index contributed by atoms with van der Waals surface area (Å²) in [4.78, 5) is 24.5. The molecule has 0 radical (unpaired) electrons. The summed E-state index contributed by atoms with van der Waals surface area (Å²) in [5.74, 6) is -1.28. The fourth-order valence-corrected chi connectivity index (χ4v) is 2.76. The maximum atomic E-state index is 12.9. The van der Waals surface area contributed by atoms with Crippen molar-refractivity contribution < 1.29 is 23.1 Å². The number of hydrogen-bond acceptors (Lipinski definition) is 4. The van der Waals surface area contributed by atoms with E-state index in [1.165, 1.54) is 19.1 Å². The minimum Gasteiger partial charge on any atom is -0.449 e. The van der Waals surface area contributed by atoms with Crippen molar-refractivity contribution in [1.29, 1.82) is 0 Å². The number of carbonyl (C=O) groups is 2. The summed E-state index contributed by atoms with van der Waals surface area (Å²) >= 11 is 0. The Hall–Kier alpha value is -3.15. The summed E-state index contributed by atoms with van der Waals surface area (Å²) in [7, 11) is 0. The number of amides is 1. The Labute approximate surface area is 156 Å². The van der Waals surface area contributed by atoms with Gasteiger partial charge < -0.3 is 14.5 Å². The van der Waals surface area contributed by atoms with Crippen LogP contribution in [0.3, 0.4) is 0 Å². The number of ether oxygens (including phenoxy) is 1. The van der Waals surface area contributed by atoms with Gasteiger partial charge in [-0.1, -0.05) is 30.3 Å². The van der Waals surface area contributed by atoms with Gasteiger partial charge in [0.2, 0.25) is 5.76 Å². The van der Waals surface area contributed by atoms with E-state index in [4.69, 9.17) is 9.15 Å². The van der Waals surface area contributed by atoms with E-state index in [2.05, 4.69) is 5.32 Å². The first-order chi connectivity index (χ1) is 13.0. The molecule has 0 fully saturated rings. The third kappa shape index (κ3) is 4.34. The highest BCUT2D eigenvalue weighted by atomic mass is 19.1. The van der Waals surface area contributed by atoms with Gasteiger partial charge in [-0.25, -0.2) is 9.18 Å². The molecule has 1 unspecified atom stereocenters. The largest absolute Gasteiger partial charge is 0.449 e. The minimum absolute atomic E-state index is 0.0992. The fourth-order valence-electron chi connectivity index (χ4n) is 2.76. The molecule has 1 aromatic heterocycles. The Balaban J connectivity index is 1.54. The smallest absolute Gasteiger partial charge is 0.375 e. The molecule has 0 bridgehead atoms. The van der Waals surface area contributed by atoms with Gasteiger partial charge in [-0.2, -0.15) is 0 Å². The molecule has 27 heavy (non-hydrogen) atoms. The predicted octanol–water partition coefficient (Wildman–Crippen LogP) is 3.78. The lowest BCUT2D eigenvalue weighted by atomic mass is 10.1. The van der Waals surface area contributed by atoms with Crippen LogP contribution in [0.25, 0.3) is 11.0 Å². The molecule has 3 rings (SSSR count). The average molecular weight is 369 g/mol. The van der Waals surface area contributed by atoms with E-state index in [0.29, 0.717) is 24.1 Å². The number of halogens is 1. The molecule has 2 aromatic carbocycles. The van der Waals surface area contributed by atoms with Gasteiger partial charge in [-0.15, -0.1) is 0 Å². The summed E-state index contributed by atoms with van der Waals surface area (Å²) in [6, 6.07) is 13.4. The van der Waals surface area contributed by atoms with Crippen molar-refractivity contribution in [1.82, 2.24) is 5.32 Å². The topological polar surface area (TPSA) is 68.5 Å². The van der Waals surface area contributed by atoms with Crippen LogP contribution >= 0.6 is 0 Å². The van der Waals surface area contributed by atoms with E-state index in [-0.39, 0.29) is 11.6 Å². The molecule has 0 saturated carbocycles. The predicted molar refractivity (Wildman–Crippen MR) is 98.9 cm³/mol. The van der Waals surface area contributed by atoms with Crippen molar-refractivity contribution in [2.24, 2.45) is 0 Å². The van der Waals surface area contributed by atoms with Crippen LogP contribution in [0.5, 0.6) is 0 Å². The second-order valence-electron chi connectivity index (χ2n) is 6.27. The number of fused-ring (bicyclic) bond motifs is 1. The van der Waals surface area contributed by atoms with Gasteiger partial charge in [-0.05, 0) is 44.0 Å². The molecule has 0 saturated heterocycles. The molecule has 6 heteroatoms. The van der Waals surface area contributed by atoms with Gasteiger partial charge in [0.1, 0.15) is 11.4 Å².